The number of unbranched alkanes of at least 4 members (excludes halogenated alkanes) is 2. The number of primary amides is 1. The van der Waals surface area contributed by atoms with Crippen LogP contribution in [0.15, 0.2) is 18.2 Å². The predicted octanol–water partition coefficient (Wildman–Crippen LogP) is 2.63. The molecule has 4 amide bonds. The number of amides is 4. The molecule has 0 spiro atoms. The summed E-state index contributed by atoms with van der Waals surface area (Å²) < 4.78 is 5.30. The Morgan fingerprint density at radius 3 is 2.35 bits per heavy atom. The number of aliphatic hydroxyl groups is 1. The van der Waals surface area contributed by atoms with Gasteiger partial charge in [0.05, 0.1) is 6.61 Å². The Kier molecular flexibility index (Phi) is 13.1. The van der Waals surface area contributed by atoms with E-state index in [9.17, 15) is 24.3 Å². The van der Waals surface area contributed by atoms with Gasteiger partial charge in [0.2, 0.25) is 17.7 Å². The maximum absolute atomic E-state index is 13.8. The van der Waals surface area contributed by atoms with Crippen LogP contribution in [-0.4, -0.2) is 65.2 Å². The van der Waals surface area contributed by atoms with Crippen molar-refractivity contribution in [2.45, 2.75) is 91.3 Å². The van der Waals surface area contributed by atoms with Gasteiger partial charge in [0.25, 0.3) is 0 Å². The van der Waals surface area contributed by atoms with E-state index < -0.39 is 48.1 Å². The lowest BCUT2D eigenvalue weighted by Gasteiger charge is -2.34. The monoisotopic (exact) mass is 520 g/mol. The third-order valence-electron chi connectivity index (χ3n) is 5.65. The minimum atomic E-state index is -1.20. The molecule has 37 heavy (non-hydrogen) atoms. The molecule has 2 unspecified atom stereocenters. The largest absolute Gasteiger partial charge is 0.444 e. The smallest absolute Gasteiger partial charge is 0.408 e. The molecule has 208 valence electrons. The van der Waals surface area contributed by atoms with Gasteiger partial charge in [0.15, 0.2) is 0 Å². The highest BCUT2D eigenvalue weighted by Gasteiger charge is 2.36. The molecular weight excluding hydrogens is 476 g/mol. The molecule has 0 bridgehead atoms. The molecule has 2 atom stereocenters. The highest BCUT2D eigenvalue weighted by molar-refractivity contribution is 5.92. The van der Waals surface area contributed by atoms with Crippen molar-refractivity contribution < 1.29 is 29.0 Å². The molecule has 0 radical (unpaired) electrons. The van der Waals surface area contributed by atoms with Crippen molar-refractivity contribution in [2.24, 2.45) is 5.73 Å². The van der Waals surface area contributed by atoms with Crippen molar-refractivity contribution in [3.05, 3.63) is 34.9 Å². The van der Waals surface area contributed by atoms with Crippen LogP contribution in [0.1, 0.15) is 82.5 Å². The summed E-state index contributed by atoms with van der Waals surface area (Å²) in [7, 11) is 0. The van der Waals surface area contributed by atoms with Gasteiger partial charge in [-0.05, 0) is 58.6 Å². The summed E-state index contributed by atoms with van der Waals surface area (Å²) in [5, 5.41) is 15.3. The molecule has 0 aliphatic heterocycles. The van der Waals surface area contributed by atoms with Crippen LogP contribution in [0.4, 0.5) is 4.79 Å². The Morgan fingerprint density at radius 1 is 1.14 bits per heavy atom. The number of hydrogen-bond donors (Lipinski definition) is 4. The van der Waals surface area contributed by atoms with Gasteiger partial charge in [-0.25, -0.2) is 4.79 Å². The van der Waals surface area contributed by atoms with E-state index in [0.717, 1.165) is 30.4 Å². The van der Waals surface area contributed by atoms with Gasteiger partial charge in [-0.2, -0.15) is 0 Å². The number of benzene rings is 1. The number of hydrogen-bond acceptors (Lipinski definition) is 6. The summed E-state index contributed by atoms with van der Waals surface area (Å²) in [4.78, 5) is 52.6. The number of aryl methyl sites for hydroxylation is 2. The van der Waals surface area contributed by atoms with Crippen LogP contribution in [0.2, 0.25) is 0 Å². The van der Waals surface area contributed by atoms with Crippen molar-refractivity contribution in [3.8, 4) is 0 Å². The third-order valence-corrected chi connectivity index (χ3v) is 5.65. The fraction of sp³-hybridized carbons (Fsp3) is 0.630. The average Bonchev–Trinajstić information content (AvgIpc) is 2.78. The van der Waals surface area contributed by atoms with Crippen molar-refractivity contribution in [1.29, 1.82) is 0 Å². The van der Waals surface area contributed by atoms with E-state index in [-0.39, 0.29) is 19.4 Å². The normalized spacial score (nSPS) is 12.8. The molecule has 10 heteroatoms. The van der Waals surface area contributed by atoms with Crippen molar-refractivity contribution in [1.82, 2.24) is 15.5 Å². The second-order valence-electron chi connectivity index (χ2n) is 10.2. The number of nitrogens with zero attached hydrogens (tertiary/aromatic N) is 1. The molecule has 0 heterocycles. The van der Waals surface area contributed by atoms with Crippen LogP contribution in [0, 0.1) is 13.8 Å². The number of nitrogens with one attached hydrogen (secondary N) is 2. The topological polar surface area (TPSA) is 151 Å². The first-order valence-corrected chi connectivity index (χ1v) is 12.8. The number of carbonyl (C=O) groups excluding carboxylic acids is 4. The van der Waals surface area contributed by atoms with E-state index in [0.29, 0.717) is 12.1 Å². The van der Waals surface area contributed by atoms with E-state index in [1.807, 2.05) is 26.0 Å². The molecule has 0 aliphatic carbocycles. The van der Waals surface area contributed by atoms with Gasteiger partial charge in [0, 0.05) is 19.5 Å². The summed E-state index contributed by atoms with van der Waals surface area (Å²) in [6.45, 7) is 10.8. The second kappa shape index (κ2) is 15.2. The molecule has 0 fully saturated rings. The standard InChI is InChI=1S/C27H44N4O6/c1-7-8-9-14-29-24(34)23(20-11-10-18(2)17-19(20)3)31(15-16-32)25(35)21(12-13-22(28)33)30-26(36)37-27(4,5)6/h10-11,17,21,23,32H,7-9,12-16H2,1-6H3,(H2,28,33)(H,29,34)(H,30,36). The molecule has 0 aromatic heterocycles. The Labute approximate surface area is 220 Å². The van der Waals surface area contributed by atoms with Crippen LogP contribution in [0.3, 0.4) is 0 Å². The van der Waals surface area contributed by atoms with Crippen molar-refractivity contribution in [3.63, 3.8) is 0 Å². The molecule has 1 rings (SSSR count). The maximum atomic E-state index is 13.8. The molecule has 0 aliphatic rings. The number of aliphatic hydroxyl groups excluding tert-OH is 1. The maximum Gasteiger partial charge on any atom is 0.408 e. The van der Waals surface area contributed by atoms with Gasteiger partial charge in [-0.15, -0.1) is 0 Å². The lowest BCUT2D eigenvalue weighted by molar-refractivity contribution is -0.143. The zero-order valence-electron chi connectivity index (χ0n) is 23.1. The summed E-state index contributed by atoms with van der Waals surface area (Å²) >= 11 is 0. The first-order valence-electron chi connectivity index (χ1n) is 12.8. The van der Waals surface area contributed by atoms with Crippen molar-refractivity contribution in [2.75, 3.05) is 19.7 Å². The Bertz CT molecular complexity index is 928. The SMILES string of the molecule is CCCCCNC(=O)C(c1ccc(C)cc1C)N(CCO)C(=O)C(CCC(N)=O)NC(=O)OC(C)(C)C. The van der Waals surface area contributed by atoms with Crippen LogP contribution >= 0.6 is 0 Å². The zero-order valence-corrected chi connectivity index (χ0v) is 23.1. The number of nitrogens with two attached hydrogens (primary N) is 1. The summed E-state index contributed by atoms with van der Waals surface area (Å²) in [5.41, 5.74) is 6.90. The first kappa shape index (κ1) is 31.9. The van der Waals surface area contributed by atoms with E-state index in [1.54, 1.807) is 26.8 Å². The van der Waals surface area contributed by atoms with Crippen LogP contribution in [-0.2, 0) is 19.1 Å². The number of rotatable bonds is 14. The quantitative estimate of drug-likeness (QED) is 0.277. The van der Waals surface area contributed by atoms with Crippen LogP contribution < -0.4 is 16.4 Å². The van der Waals surface area contributed by atoms with E-state index in [4.69, 9.17) is 10.5 Å². The summed E-state index contributed by atoms with van der Waals surface area (Å²) in [6, 6.07) is 3.30. The Morgan fingerprint density at radius 2 is 1.81 bits per heavy atom. The van der Waals surface area contributed by atoms with Gasteiger partial charge < -0.3 is 31.1 Å². The molecule has 10 nitrogen and oxygen atoms in total. The molecule has 0 saturated heterocycles. The lowest BCUT2D eigenvalue weighted by Crippen LogP contribution is -2.54. The highest BCUT2D eigenvalue weighted by atomic mass is 16.6. The van der Waals surface area contributed by atoms with Crippen LogP contribution in [0.25, 0.3) is 0 Å². The van der Waals surface area contributed by atoms with Gasteiger partial charge in [0.1, 0.15) is 17.7 Å². The minimum absolute atomic E-state index is 0.0902. The van der Waals surface area contributed by atoms with E-state index >= 15 is 0 Å². The summed E-state index contributed by atoms with van der Waals surface area (Å²) in [5.74, 6) is -1.66. The molecule has 0 saturated carbocycles. The number of carbonyl (C=O) groups is 4. The minimum Gasteiger partial charge on any atom is -0.444 e. The average molecular weight is 521 g/mol. The Hall–Kier alpha value is -3.14. The van der Waals surface area contributed by atoms with Gasteiger partial charge in [-0.3, -0.25) is 14.4 Å². The highest BCUT2D eigenvalue weighted by Crippen LogP contribution is 2.27. The number of ether oxygens (including phenoxy) is 1. The first-order chi connectivity index (χ1) is 17.3. The van der Waals surface area contributed by atoms with Crippen molar-refractivity contribution >= 4 is 23.8 Å². The third kappa shape index (κ3) is 11.2. The number of alkyl carbamates (subject to hydrolysis) is 1. The fourth-order valence-electron chi connectivity index (χ4n) is 3.93. The molecular formula is C27H44N4O6. The van der Waals surface area contributed by atoms with E-state index in [1.165, 1.54) is 4.90 Å². The molecule has 5 N–H and O–H groups in total. The second-order valence-corrected chi connectivity index (χ2v) is 10.2. The fourth-order valence-corrected chi connectivity index (χ4v) is 3.93. The Balaban J connectivity index is 3.43. The van der Waals surface area contributed by atoms with Gasteiger partial charge in [-0.1, -0.05) is 43.5 Å². The lowest BCUT2D eigenvalue weighted by atomic mass is 9.96. The summed E-state index contributed by atoms with van der Waals surface area (Å²) in [6.07, 6.45) is 1.62. The molecule has 1 aromatic carbocycles. The van der Waals surface area contributed by atoms with Crippen LogP contribution in [0.5, 0.6) is 0 Å². The predicted molar refractivity (Wildman–Crippen MR) is 142 cm³/mol. The zero-order chi connectivity index (χ0) is 28.2. The molecule has 1 aromatic rings. The van der Waals surface area contributed by atoms with E-state index in [2.05, 4.69) is 17.6 Å². The van der Waals surface area contributed by atoms with Gasteiger partial charge >= 0.3 is 6.09 Å².